The minimum atomic E-state index is -8.88. The minimum Gasteiger partial charge on any atom is -0.192 e. The molecule has 1 rings (SSSR count). The van der Waals surface area contributed by atoms with Gasteiger partial charge in [-0.3, -0.25) is 0 Å². The van der Waals surface area contributed by atoms with Gasteiger partial charge in [-0.2, -0.15) is 86.7 Å². The topological polar surface area (TPSA) is 43.4 Å². The average Bonchev–Trinajstić information content (AvgIpc) is 2.71. The molecule has 216 valence electrons. The molecule has 0 atom stereocenters. The number of alkyl halides is 17. The molecule has 37 heavy (non-hydrogen) atoms. The highest BCUT2D eigenvalue weighted by Crippen LogP contribution is 2.64. The highest BCUT2D eigenvalue weighted by atomic mass is 32.3. The quantitative estimate of drug-likeness (QED) is 0.203. The molecular formula is C15H7F17O3S2. The molecular weight excluding hydrogens is 615 g/mol. The largest absolute Gasteiger partial charge is 0.460 e. The van der Waals surface area contributed by atoms with E-state index in [0.29, 0.717) is 5.56 Å². The summed E-state index contributed by atoms with van der Waals surface area (Å²) in [5, 5.41) is -7.71. The Morgan fingerprint density at radius 1 is 0.568 bits per heavy atom. The molecule has 0 amide bonds. The summed E-state index contributed by atoms with van der Waals surface area (Å²) < 4.78 is 250. The third kappa shape index (κ3) is 4.80. The first kappa shape index (κ1) is 33.3. The van der Waals surface area contributed by atoms with E-state index >= 15 is 0 Å². The van der Waals surface area contributed by atoms with Crippen LogP contribution in [-0.2, 0) is 13.7 Å². The molecule has 0 aliphatic rings. The summed E-state index contributed by atoms with van der Waals surface area (Å²) in [7, 11) is -7.60. The summed E-state index contributed by atoms with van der Waals surface area (Å²) in [5.41, 5.74) is 0.416. The lowest BCUT2D eigenvalue weighted by molar-refractivity contribution is -0.458. The van der Waals surface area contributed by atoms with Crippen molar-refractivity contribution in [3.05, 3.63) is 29.8 Å². The van der Waals surface area contributed by atoms with Gasteiger partial charge in [0.2, 0.25) is 0 Å². The highest BCUT2D eigenvalue weighted by molar-refractivity contribution is 8.04. The third-order valence-electron chi connectivity index (χ3n) is 4.25. The van der Waals surface area contributed by atoms with Crippen LogP contribution in [0.15, 0.2) is 29.2 Å². The van der Waals surface area contributed by atoms with Crippen molar-refractivity contribution in [2.45, 2.75) is 58.8 Å². The summed E-state index contributed by atoms with van der Waals surface area (Å²) in [5.74, 6) is -51.9. The molecule has 0 bridgehead atoms. The molecule has 3 nitrogen and oxygen atoms in total. The van der Waals surface area contributed by atoms with Gasteiger partial charge in [-0.15, -0.1) is 0 Å². The normalized spacial score (nSPS) is 15.7. The van der Waals surface area contributed by atoms with E-state index in [1.54, 1.807) is 0 Å². The maximum Gasteiger partial charge on any atom is 0.460 e. The smallest absolute Gasteiger partial charge is 0.192 e. The van der Waals surface area contributed by atoms with Gasteiger partial charge in [-0.1, -0.05) is 17.7 Å². The Labute approximate surface area is 198 Å². The fourth-order valence-electron chi connectivity index (χ4n) is 2.03. The van der Waals surface area contributed by atoms with Gasteiger partial charge >= 0.3 is 57.1 Å². The molecule has 0 unspecified atom stereocenters. The van der Waals surface area contributed by atoms with Gasteiger partial charge in [-0.05, 0) is 19.1 Å². The van der Waals surface area contributed by atoms with Crippen LogP contribution in [0.2, 0.25) is 0 Å². The van der Waals surface area contributed by atoms with Gasteiger partial charge in [0.15, 0.2) is 0 Å². The molecule has 0 fully saturated rings. The Balaban J connectivity index is 3.57. The molecule has 0 saturated heterocycles. The Morgan fingerprint density at radius 2 is 0.892 bits per heavy atom. The summed E-state index contributed by atoms with van der Waals surface area (Å²) in [6, 6.07) is 3.91. The van der Waals surface area contributed by atoms with Crippen LogP contribution in [0.3, 0.4) is 0 Å². The van der Waals surface area contributed by atoms with E-state index in [1.165, 1.54) is 6.92 Å². The average molecular weight is 622 g/mol. The van der Waals surface area contributed by atoms with Crippen LogP contribution in [0.1, 0.15) is 5.56 Å². The van der Waals surface area contributed by atoms with Gasteiger partial charge < -0.3 is 0 Å². The van der Waals surface area contributed by atoms with Crippen molar-refractivity contribution < 1.29 is 86.7 Å². The van der Waals surface area contributed by atoms with E-state index in [-0.39, 0.29) is 0 Å². The van der Waals surface area contributed by atoms with Crippen molar-refractivity contribution in [2.75, 3.05) is 0 Å². The van der Waals surface area contributed by atoms with Gasteiger partial charge in [0.05, 0.1) is 0 Å². The molecule has 0 aromatic heterocycles. The van der Waals surface area contributed by atoms with Crippen molar-refractivity contribution in [1.29, 1.82) is 0 Å². The van der Waals surface area contributed by atoms with E-state index < -0.39 is 74.0 Å². The van der Waals surface area contributed by atoms with Crippen molar-refractivity contribution in [2.24, 2.45) is 0 Å². The first-order valence-electron chi connectivity index (χ1n) is 8.36. The fourth-order valence-corrected chi connectivity index (χ4v) is 3.73. The summed E-state index contributed by atoms with van der Waals surface area (Å²) in [6.45, 7) is 1.41. The molecule has 0 saturated carbocycles. The second kappa shape index (κ2) is 9.19. The lowest BCUT2D eigenvalue weighted by atomic mass is 9.91. The molecule has 0 heterocycles. The highest BCUT2D eigenvalue weighted by Gasteiger charge is 2.96. The number of hydrogen-bond acceptors (Lipinski definition) is 4. The molecule has 1 aromatic rings. The number of hydrogen-bond donors (Lipinski definition) is 0. The van der Waals surface area contributed by atoms with Gasteiger partial charge in [-0.25, -0.2) is 0 Å². The number of benzene rings is 1. The second-order valence-corrected chi connectivity index (χ2v) is 9.48. The predicted octanol–water partition coefficient (Wildman–Crippen LogP) is 7.32. The van der Waals surface area contributed by atoms with E-state index in [9.17, 15) is 83.1 Å². The van der Waals surface area contributed by atoms with Crippen molar-refractivity contribution >= 4 is 22.2 Å². The third-order valence-corrected chi connectivity index (χ3v) is 6.59. The lowest BCUT2D eigenvalue weighted by Crippen LogP contribution is -2.75. The van der Waals surface area contributed by atoms with Crippen LogP contribution in [0.4, 0.5) is 74.6 Å². The first-order chi connectivity index (χ1) is 16.0. The van der Waals surface area contributed by atoms with Crippen LogP contribution in [0.5, 0.6) is 0 Å². The number of rotatable bonds is 10. The molecule has 22 heteroatoms. The van der Waals surface area contributed by atoms with Crippen LogP contribution < -0.4 is 0 Å². The standard InChI is InChI=1S/C15H7F17O3S2/c1-6-2-4-7(5-3-6)36-35-37(33,34)15(31,32)13(26,27)11(22,23)9(18,19)8(16,17)10(20,21)12(24,25)14(28,29)30/h2-5H,1H3. The zero-order chi connectivity index (χ0) is 29.9. The van der Waals surface area contributed by atoms with Crippen molar-refractivity contribution in [3.63, 3.8) is 0 Å². The monoisotopic (exact) mass is 622 g/mol. The van der Waals surface area contributed by atoms with Crippen LogP contribution in [0, 0.1) is 6.92 Å². The zero-order valence-corrected chi connectivity index (χ0v) is 18.4. The van der Waals surface area contributed by atoms with Gasteiger partial charge in [0.25, 0.3) is 0 Å². The minimum absolute atomic E-state index is 0.416. The Kier molecular flexibility index (Phi) is 8.28. The Hall–Kier alpha value is -1.71. The summed E-state index contributed by atoms with van der Waals surface area (Å²) in [4.78, 5) is -0.550. The number of halogens is 17. The molecule has 0 aliphatic heterocycles. The van der Waals surface area contributed by atoms with E-state index in [1.807, 2.05) is 0 Å². The fraction of sp³-hybridized carbons (Fsp3) is 0.600. The molecule has 0 aliphatic carbocycles. The summed E-state index contributed by atoms with van der Waals surface area (Å²) in [6.07, 6.45) is -7.89. The molecule has 0 N–H and O–H groups in total. The molecule has 1 aromatic carbocycles. The first-order valence-corrected chi connectivity index (χ1v) is 10.5. The Bertz CT molecular complexity index is 1080. The summed E-state index contributed by atoms with van der Waals surface area (Å²) >= 11 is -0.813. The van der Waals surface area contributed by atoms with Crippen LogP contribution in [0.25, 0.3) is 0 Å². The predicted molar refractivity (Wildman–Crippen MR) is 87.7 cm³/mol. The van der Waals surface area contributed by atoms with Gasteiger partial charge in [0, 0.05) is 16.9 Å². The van der Waals surface area contributed by atoms with Crippen molar-refractivity contribution in [1.82, 2.24) is 0 Å². The van der Waals surface area contributed by atoms with E-state index in [0.717, 1.165) is 24.3 Å². The second-order valence-electron chi connectivity index (χ2n) is 6.88. The maximum absolute atomic E-state index is 13.8. The Morgan fingerprint density at radius 3 is 1.24 bits per heavy atom. The maximum atomic E-state index is 13.8. The molecule has 0 radical (unpaired) electrons. The zero-order valence-electron chi connectivity index (χ0n) is 16.8. The SMILES string of the molecule is Cc1ccc(SOS(=O)(=O)C(F)(F)C(F)(F)C(F)(F)C(F)(F)C(F)(F)C(F)(F)C(F)(F)C(F)(F)F)cc1. The number of aryl methyl sites for hydroxylation is 1. The van der Waals surface area contributed by atoms with Crippen LogP contribution in [-0.4, -0.2) is 55.4 Å². The molecule has 0 spiro atoms. The van der Waals surface area contributed by atoms with Crippen molar-refractivity contribution in [3.8, 4) is 0 Å². The van der Waals surface area contributed by atoms with E-state index in [2.05, 4.69) is 3.63 Å². The van der Waals surface area contributed by atoms with Gasteiger partial charge in [0.1, 0.15) is 0 Å². The van der Waals surface area contributed by atoms with Crippen LogP contribution >= 0.6 is 12.0 Å². The van der Waals surface area contributed by atoms with E-state index in [4.69, 9.17) is 0 Å². The lowest BCUT2D eigenvalue weighted by Gasteiger charge is -2.42.